The van der Waals surface area contributed by atoms with E-state index in [1.807, 2.05) is 0 Å². The first-order chi connectivity index (χ1) is 7.66. The van der Waals surface area contributed by atoms with Gasteiger partial charge in [-0.05, 0) is 37.4 Å². The number of aliphatic hydroxyl groups excluding tert-OH is 1. The molecule has 0 heterocycles. The predicted octanol–water partition coefficient (Wildman–Crippen LogP) is 1.83. The van der Waals surface area contributed by atoms with E-state index in [0.29, 0.717) is 12.5 Å². The van der Waals surface area contributed by atoms with Gasteiger partial charge in [-0.25, -0.2) is 8.78 Å². The van der Waals surface area contributed by atoms with Gasteiger partial charge in [0.05, 0.1) is 6.10 Å². The van der Waals surface area contributed by atoms with Crippen LogP contribution in [-0.4, -0.2) is 17.8 Å². The fourth-order valence-electron chi connectivity index (χ4n) is 1.97. The van der Waals surface area contributed by atoms with E-state index in [1.165, 1.54) is 18.2 Å². The van der Waals surface area contributed by atoms with Gasteiger partial charge in [0.25, 0.3) is 0 Å². The minimum atomic E-state index is -0.513. The Hall–Kier alpha value is -1.00. The molecule has 0 radical (unpaired) electrons. The molecule has 4 heteroatoms. The molecule has 16 heavy (non-hydrogen) atoms. The largest absolute Gasteiger partial charge is 0.393 e. The third kappa shape index (κ3) is 2.57. The van der Waals surface area contributed by atoms with Crippen molar-refractivity contribution in [1.82, 2.24) is 5.32 Å². The summed E-state index contributed by atoms with van der Waals surface area (Å²) in [5.41, 5.74) is 0.0855. The van der Waals surface area contributed by atoms with Crippen LogP contribution in [0.25, 0.3) is 0 Å². The lowest BCUT2D eigenvalue weighted by molar-refractivity contribution is 0.0429. The number of aliphatic hydroxyl groups is 1. The Kier molecular flexibility index (Phi) is 3.51. The van der Waals surface area contributed by atoms with Crippen LogP contribution in [-0.2, 0) is 6.54 Å². The van der Waals surface area contributed by atoms with Crippen molar-refractivity contribution in [2.45, 2.75) is 25.5 Å². The van der Waals surface area contributed by atoms with Crippen molar-refractivity contribution in [1.29, 1.82) is 0 Å². The average Bonchev–Trinajstić information content (AvgIpc) is 2.19. The van der Waals surface area contributed by atoms with Gasteiger partial charge in [0.15, 0.2) is 0 Å². The van der Waals surface area contributed by atoms with Crippen molar-refractivity contribution in [2.24, 2.45) is 5.92 Å². The molecular formula is C12H15F2NO. The van der Waals surface area contributed by atoms with Crippen LogP contribution in [0.3, 0.4) is 0 Å². The topological polar surface area (TPSA) is 32.3 Å². The zero-order valence-corrected chi connectivity index (χ0v) is 8.92. The molecule has 1 saturated carbocycles. The van der Waals surface area contributed by atoms with Gasteiger partial charge < -0.3 is 10.4 Å². The second kappa shape index (κ2) is 4.89. The maximum atomic E-state index is 13.2. The summed E-state index contributed by atoms with van der Waals surface area (Å²) in [6.07, 6.45) is 1.39. The number of nitrogens with one attached hydrogen (secondary N) is 1. The summed E-state index contributed by atoms with van der Waals surface area (Å²) >= 11 is 0. The average molecular weight is 227 g/mol. The van der Waals surface area contributed by atoms with Gasteiger partial charge in [-0.1, -0.05) is 6.07 Å². The quantitative estimate of drug-likeness (QED) is 0.822. The van der Waals surface area contributed by atoms with E-state index in [-0.39, 0.29) is 18.2 Å². The molecule has 2 N–H and O–H groups in total. The Morgan fingerprint density at radius 2 is 1.88 bits per heavy atom. The van der Waals surface area contributed by atoms with Gasteiger partial charge in [0.1, 0.15) is 11.6 Å². The minimum absolute atomic E-state index is 0.0855. The maximum absolute atomic E-state index is 13.2. The molecule has 0 spiro atoms. The summed E-state index contributed by atoms with van der Waals surface area (Å²) in [4.78, 5) is 0. The molecule has 88 valence electrons. The van der Waals surface area contributed by atoms with Crippen molar-refractivity contribution in [3.63, 3.8) is 0 Å². The van der Waals surface area contributed by atoms with Gasteiger partial charge >= 0.3 is 0 Å². The van der Waals surface area contributed by atoms with Crippen LogP contribution < -0.4 is 5.32 Å². The fraction of sp³-hybridized carbons (Fsp3) is 0.500. The first-order valence-electron chi connectivity index (χ1n) is 5.48. The molecule has 2 rings (SSSR count). The highest BCUT2D eigenvalue weighted by atomic mass is 19.1. The van der Waals surface area contributed by atoms with E-state index in [4.69, 9.17) is 5.11 Å². The van der Waals surface area contributed by atoms with Gasteiger partial charge in [0, 0.05) is 12.1 Å². The molecular weight excluding hydrogens is 212 g/mol. The van der Waals surface area contributed by atoms with Gasteiger partial charge in [-0.2, -0.15) is 0 Å². The van der Waals surface area contributed by atoms with Crippen LogP contribution in [0, 0.1) is 17.6 Å². The highest BCUT2D eigenvalue weighted by Gasteiger charge is 2.26. The fourth-order valence-corrected chi connectivity index (χ4v) is 1.97. The molecule has 1 aromatic carbocycles. The zero-order valence-electron chi connectivity index (χ0n) is 8.92. The number of hydrogen-bond acceptors (Lipinski definition) is 2. The van der Waals surface area contributed by atoms with Crippen LogP contribution in [0.15, 0.2) is 18.2 Å². The van der Waals surface area contributed by atoms with Crippen LogP contribution in [0.2, 0.25) is 0 Å². The normalized spacial score (nSPS) is 24.2. The molecule has 0 atom stereocenters. The lowest BCUT2D eigenvalue weighted by atomic mass is 9.82. The van der Waals surface area contributed by atoms with Crippen molar-refractivity contribution < 1.29 is 13.9 Å². The second-order valence-electron chi connectivity index (χ2n) is 4.32. The highest BCUT2D eigenvalue weighted by molar-refractivity contribution is 5.19. The molecule has 0 aliphatic heterocycles. The van der Waals surface area contributed by atoms with Crippen molar-refractivity contribution in [3.8, 4) is 0 Å². The van der Waals surface area contributed by atoms with Crippen molar-refractivity contribution in [3.05, 3.63) is 35.4 Å². The lowest BCUT2D eigenvalue weighted by Gasteiger charge is -2.31. The Morgan fingerprint density at radius 1 is 1.25 bits per heavy atom. The van der Waals surface area contributed by atoms with Crippen LogP contribution in [0.5, 0.6) is 0 Å². The number of rotatable bonds is 4. The molecule has 1 aliphatic carbocycles. The molecule has 0 saturated heterocycles. The first kappa shape index (κ1) is 11.5. The van der Waals surface area contributed by atoms with Crippen LogP contribution >= 0.6 is 0 Å². The third-order valence-corrected chi connectivity index (χ3v) is 3.01. The first-order valence-corrected chi connectivity index (χ1v) is 5.48. The number of benzene rings is 1. The molecule has 1 aliphatic rings. The summed E-state index contributed by atoms with van der Waals surface area (Å²) in [6.45, 7) is 0.899. The van der Waals surface area contributed by atoms with Gasteiger partial charge in [-0.15, -0.1) is 0 Å². The van der Waals surface area contributed by atoms with Gasteiger partial charge in [0.2, 0.25) is 0 Å². The summed E-state index contributed by atoms with van der Waals surface area (Å²) in [5.74, 6) is -0.591. The van der Waals surface area contributed by atoms with Crippen molar-refractivity contribution >= 4 is 0 Å². The van der Waals surface area contributed by atoms with Gasteiger partial charge in [-0.3, -0.25) is 0 Å². The molecule has 0 bridgehead atoms. The van der Waals surface area contributed by atoms with E-state index < -0.39 is 11.6 Å². The molecule has 2 nitrogen and oxygen atoms in total. The summed E-state index contributed by atoms with van der Waals surface area (Å²) in [5, 5.41) is 12.1. The second-order valence-corrected chi connectivity index (χ2v) is 4.32. The predicted molar refractivity (Wildman–Crippen MR) is 56.8 cm³/mol. The monoisotopic (exact) mass is 227 g/mol. The Labute approximate surface area is 93.3 Å². The van der Waals surface area contributed by atoms with Crippen LogP contribution in [0.4, 0.5) is 8.78 Å². The zero-order chi connectivity index (χ0) is 11.5. The molecule has 0 amide bonds. The minimum Gasteiger partial charge on any atom is -0.393 e. The highest BCUT2D eigenvalue weighted by Crippen LogP contribution is 2.26. The third-order valence-electron chi connectivity index (χ3n) is 3.01. The smallest absolute Gasteiger partial charge is 0.130 e. The van der Waals surface area contributed by atoms with Crippen LogP contribution in [0.1, 0.15) is 18.4 Å². The molecule has 0 unspecified atom stereocenters. The molecule has 1 fully saturated rings. The Morgan fingerprint density at radius 3 is 2.44 bits per heavy atom. The maximum Gasteiger partial charge on any atom is 0.130 e. The number of hydrogen-bond donors (Lipinski definition) is 2. The SMILES string of the molecule is OC1CC(CNCc2c(F)cccc2F)C1. The standard InChI is InChI=1S/C12H15F2NO/c13-11-2-1-3-12(14)10(11)7-15-6-8-4-9(16)5-8/h1-3,8-9,15-16H,4-7H2. The van der Waals surface area contributed by atoms with E-state index in [9.17, 15) is 8.78 Å². The van der Waals surface area contributed by atoms with E-state index >= 15 is 0 Å². The Bertz CT molecular complexity index is 344. The Balaban J connectivity index is 1.81. The summed E-state index contributed by atoms with van der Waals surface area (Å²) < 4.78 is 26.4. The van der Waals surface area contributed by atoms with E-state index in [2.05, 4.69) is 5.32 Å². The number of halogens is 2. The molecule has 0 aromatic heterocycles. The molecule has 1 aromatic rings. The lowest BCUT2D eigenvalue weighted by Crippen LogP contribution is -2.36. The van der Waals surface area contributed by atoms with E-state index in [0.717, 1.165) is 12.8 Å². The summed E-state index contributed by atoms with van der Waals surface area (Å²) in [7, 11) is 0. The van der Waals surface area contributed by atoms with E-state index in [1.54, 1.807) is 0 Å². The van der Waals surface area contributed by atoms with Crippen molar-refractivity contribution in [2.75, 3.05) is 6.54 Å². The summed E-state index contributed by atoms with van der Waals surface area (Å²) in [6, 6.07) is 3.87.